The van der Waals surface area contributed by atoms with Crippen LogP contribution in [0.1, 0.15) is 43.0 Å². The Bertz CT molecular complexity index is 1020. The van der Waals surface area contributed by atoms with Gasteiger partial charge in [-0.05, 0) is 68.9 Å². The molecule has 1 aromatic carbocycles. The minimum absolute atomic E-state index is 0.212. The fraction of sp³-hybridized carbons (Fsp3) is 0.364. The molecular formula is C22H25N5O2. The number of hydrogen-bond donors (Lipinski definition) is 2. The number of hydrogen-bond acceptors (Lipinski definition) is 5. The Labute approximate surface area is 169 Å². The zero-order chi connectivity index (χ0) is 20.4. The predicted octanol–water partition coefficient (Wildman–Crippen LogP) is 4.52. The largest absolute Gasteiger partial charge is 0.481 e. The first-order chi connectivity index (χ1) is 14.0. The highest BCUT2D eigenvalue weighted by molar-refractivity contribution is 5.70. The number of rotatable bonds is 5. The molecule has 2 N–H and O–H groups in total. The van der Waals surface area contributed by atoms with E-state index in [1.165, 1.54) is 0 Å². The summed E-state index contributed by atoms with van der Waals surface area (Å²) in [6.45, 7) is 4.00. The summed E-state index contributed by atoms with van der Waals surface area (Å²) < 4.78 is 1.99. The summed E-state index contributed by atoms with van der Waals surface area (Å²) in [5.74, 6) is -0.315. The summed E-state index contributed by atoms with van der Waals surface area (Å²) in [5.41, 5.74) is 5.09. The van der Waals surface area contributed by atoms with E-state index in [-0.39, 0.29) is 12.0 Å². The number of nitrogens with zero attached hydrogens (tertiary/aromatic N) is 4. The van der Waals surface area contributed by atoms with Crippen LogP contribution in [0.3, 0.4) is 0 Å². The van der Waals surface area contributed by atoms with Crippen molar-refractivity contribution in [2.24, 2.45) is 5.92 Å². The maximum atomic E-state index is 11.2. The lowest BCUT2D eigenvalue weighted by molar-refractivity contribution is -0.143. The molecule has 0 spiro atoms. The molecule has 7 nitrogen and oxygen atoms in total. The van der Waals surface area contributed by atoms with E-state index in [2.05, 4.69) is 51.7 Å². The van der Waals surface area contributed by atoms with Gasteiger partial charge in [0.15, 0.2) is 0 Å². The van der Waals surface area contributed by atoms with Gasteiger partial charge < -0.3 is 10.4 Å². The fourth-order valence-electron chi connectivity index (χ4n) is 3.93. The Hall–Kier alpha value is -3.22. The molecule has 7 heteroatoms. The van der Waals surface area contributed by atoms with Crippen LogP contribution < -0.4 is 5.32 Å². The zero-order valence-electron chi connectivity index (χ0n) is 16.7. The molecule has 0 unspecified atom stereocenters. The van der Waals surface area contributed by atoms with Crippen LogP contribution in [-0.2, 0) is 4.79 Å². The third kappa shape index (κ3) is 4.45. The highest BCUT2D eigenvalue weighted by Gasteiger charge is 2.27. The normalized spacial score (nSPS) is 19.1. The SMILES string of the molecule is Cc1cc(Nc2nccc(C)n2)cc(-c2cnn(C3CCC(C(=O)O)CC3)c2)c1. The van der Waals surface area contributed by atoms with Crippen LogP contribution in [0.2, 0.25) is 0 Å². The summed E-state index contributed by atoms with van der Waals surface area (Å²) in [6.07, 6.45) is 8.81. The van der Waals surface area contributed by atoms with E-state index < -0.39 is 5.97 Å². The first-order valence-electron chi connectivity index (χ1n) is 9.93. The molecule has 3 aromatic rings. The Morgan fingerprint density at radius 3 is 2.66 bits per heavy atom. The third-order valence-electron chi connectivity index (χ3n) is 5.48. The Kier molecular flexibility index (Phi) is 5.29. The van der Waals surface area contributed by atoms with E-state index in [0.29, 0.717) is 18.8 Å². The van der Waals surface area contributed by atoms with Crippen LogP contribution in [-0.4, -0.2) is 30.8 Å². The molecule has 2 heterocycles. The van der Waals surface area contributed by atoms with Gasteiger partial charge in [0.25, 0.3) is 0 Å². The van der Waals surface area contributed by atoms with Crippen molar-refractivity contribution in [2.45, 2.75) is 45.6 Å². The van der Waals surface area contributed by atoms with Gasteiger partial charge in [-0.1, -0.05) is 6.07 Å². The minimum Gasteiger partial charge on any atom is -0.481 e. The number of aromatic nitrogens is 4. The number of carboxylic acid groups (broad SMARTS) is 1. The molecule has 0 amide bonds. The monoisotopic (exact) mass is 391 g/mol. The topological polar surface area (TPSA) is 92.9 Å². The molecule has 0 bridgehead atoms. The predicted molar refractivity (Wildman–Crippen MR) is 111 cm³/mol. The van der Waals surface area contributed by atoms with Crippen molar-refractivity contribution in [1.82, 2.24) is 19.7 Å². The van der Waals surface area contributed by atoms with Crippen LogP contribution in [0.4, 0.5) is 11.6 Å². The van der Waals surface area contributed by atoms with Gasteiger partial charge >= 0.3 is 5.97 Å². The number of anilines is 2. The van der Waals surface area contributed by atoms with Crippen molar-refractivity contribution in [3.63, 3.8) is 0 Å². The molecular weight excluding hydrogens is 366 g/mol. The molecule has 2 aromatic heterocycles. The van der Waals surface area contributed by atoms with Crippen LogP contribution in [0.15, 0.2) is 42.9 Å². The molecule has 0 radical (unpaired) electrons. The molecule has 0 saturated heterocycles. The summed E-state index contributed by atoms with van der Waals surface area (Å²) in [5, 5.41) is 17.0. The lowest BCUT2D eigenvalue weighted by Gasteiger charge is -2.26. The van der Waals surface area contributed by atoms with E-state index in [1.54, 1.807) is 6.20 Å². The maximum absolute atomic E-state index is 11.2. The summed E-state index contributed by atoms with van der Waals surface area (Å²) in [7, 11) is 0. The highest BCUT2D eigenvalue weighted by Crippen LogP contribution is 2.33. The van der Waals surface area contributed by atoms with Gasteiger partial charge in [-0.3, -0.25) is 9.48 Å². The maximum Gasteiger partial charge on any atom is 0.306 e. The second kappa shape index (κ2) is 8.03. The lowest BCUT2D eigenvalue weighted by atomic mass is 9.86. The molecule has 1 saturated carbocycles. The highest BCUT2D eigenvalue weighted by atomic mass is 16.4. The Morgan fingerprint density at radius 1 is 1.14 bits per heavy atom. The molecule has 150 valence electrons. The molecule has 0 atom stereocenters. The van der Waals surface area contributed by atoms with Crippen LogP contribution in [0, 0.1) is 19.8 Å². The van der Waals surface area contributed by atoms with Gasteiger partial charge in [0.1, 0.15) is 0 Å². The lowest BCUT2D eigenvalue weighted by Crippen LogP contribution is -2.23. The third-order valence-corrected chi connectivity index (χ3v) is 5.48. The first kappa shape index (κ1) is 19.1. The molecule has 1 aliphatic carbocycles. The molecule has 1 fully saturated rings. The molecule has 29 heavy (non-hydrogen) atoms. The van der Waals surface area contributed by atoms with E-state index in [9.17, 15) is 9.90 Å². The van der Waals surface area contributed by atoms with Crippen molar-refractivity contribution in [1.29, 1.82) is 0 Å². The van der Waals surface area contributed by atoms with Crippen molar-refractivity contribution >= 4 is 17.6 Å². The number of carbonyl (C=O) groups is 1. The second-order valence-electron chi connectivity index (χ2n) is 7.79. The van der Waals surface area contributed by atoms with Crippen molar-refractivity contribution in [3.8, 4) is 11.1 Å². The van der Waals surface area contributed by atoms with Gasteiger partial charge in [0.2, 0.25) is 5.95 Å². The van der Waals surface area contributed by atoms with Gasteiger partial charge in [0.05, 0.1) is 18.2 Å². The van der Waals surface area contributed by atoms with Crippen molar-refractivity contribution < 1.29 is 9.90 Å². The van der Waals surface area contributed by atoms with Crippen LogP contribution in [0.25, 0.3) is 11.1 Å². The van der Waals surface area contributed by atoms with Gasteiger partial charge in [-0.2, -0.15) is 5.10 Å². The summed E-state index contributed by atoms with van der Waals surface area (Å²) >= 11 is 0. The van der Waals surface area contributed by atoms with E-state index >= 15 is 0 Å². The number of nitrogens with one attached hydrogen (secondary N) is 1. The van der Waals surface area contributed by atoms with Crippen molar-refractivity contribution in [2.75, 3.05) is 5.32 Å². The fourth-order valence-corrected chi connectivity index (χ4v) is 3.93. The molecule has 4 rings (SSSR count). The Balaban J connectivity index is 1.52. The van der Waals surface area contributed by atoms with E-state index in [4.69, 9.17) is 0 Å². The van der Waals surface area contributed by atoms with Crippen LogP contribution in [0.5, 0.6) is 0 Å². The standard InChI is InChI=1S/C22H25N5O2/c1-14-9-17(11-19(10-14)26-22-23-8-7-15(2)25-22)18-12-24-27(13-18)20-5-3-16(4-6-20)21(28)29/h7-13,16,20H,3-6H2,1-2H3,(H,28,29)(H,23,25,26). The van der Waals surface area contributed by atoms with Gasteiger partial charge in [0, 0.05) is 29.3 Å². The summed E-state index contributed by atoms with van der Waals surface area (Å²) in [4.78, 5) is 19.8. The Morgan fingerprint density at radius 2 is 1.93 bits per heavy atom. The summed E-state index contributed by atoms with van der Waals surface area (Å²) in [6, 6.07) is 8.40. The van der Waals surface area contributed by atoms with Gasteiger partial charge in [-0.15, -0.1) is 0 Å². The number of benzene rings is 1. The van der Waals surface area contributed by atoms with Gasteiger partial charge in [-0.25, -0.2) is 9.97 Å². The smallest absolute Gasteiger partial charge is 0.306 e. The van der Waals surface area contributed by atoms with Crippen LogP contribution >= 0.6 is 0 Å². The average molecular weight is 391 g/mol. The molecule has 0 aliphatic heterocycles. The molecule has 1 aliphatic rings. The number of aliphatic carboxylic acids is 1. The minimum atomic E-state index is -0.679. The van der Waals surface area contributed by atoms with E-state index in [0.717, 1.165) is 40.9 Å². The number of carboxylic acids is 1. The number of aryl methyl sites for hydroxylation is 2. The second-order valence-corrected chi connectivity index (χ2v) is 7.79. The zero-order valence-corrected chi connectivity index (χ0v) is 16.7. The van der Waals surface area contributed by atoms with Crippen molar-refractivity contribution in [3.05, 3.63) is 54.1 Å². The van der Waals surface area contributed by atoms with E-state index in [1.807, 2.05) is 23.9 Å². The quantitative estimate of drug-likeness (QED) is 0.664. The first-order valence-corrected chi connectivity index (χ1v) is 9.93. The average Bonchev–Trinajstić information content (AvgIpc) is 3.18.